The molecule has 0 N–H and O–H groups in total. The molecule has 128 valence electrons. The van der Waals surface area contributed by atoms with Crippen molar-refractivity contribution in [1.82, 2.24) is 15.0 Å². The molecular formula is C18H23N3O3. The lowest BCUT2D eigenvalue weighted by Gasteiger charge is -2.38. The highest BCUT2D eigenvalue weighted by Gasteiger charge is 2.44. The van der Waals surface area contributed by atoms with Crippen molar-refractivity contribution in [3.63, 3.8) is 0 Å². The normalized spacial score (nSPS) is 27.2. The summed E-state index contributed by atoms with van der Waals surface area (Å²) in [4.78, 5) is 6.76. The molecule has 1 saturated carbocycles. The maximum absolute atomic E-state index is 6.08. The van der Waals surface area contributed by atoms with Gasteiger partial charge in [0.25, 0.3) is 0 Å². The quantitative estimate of drug-likeness (QED) is 0.859. The van der Waals surface area contributed by atoms with Crippen LogP contribution in [0.1, 0.15) is 29.9 Å². The second-order valence-electron chi connectivity index (χ2n) is 6.58. The number of nitrogens with zero attached hydrogens (tertiary/aromatic N) is 3. The lowest BCUT2D eigenvalue weighted by molar-refractivity contribution is -0.0923. The van der Waals surface area contributed by atoms with Gasteiger partial charge in [-0.25, -0.2) is 4.98 Å². The molecule has 1 aliphatic heterocycles. The number of hydrogen-bond donors (Lipinski definition) is 0. The van der Waals surface area contributed by atoms with Crippen molar-refractivity contribution < 1.29 is 14.0 Å². The van der Waals surface area contributed by atoms with Crippen LogP contribution in [0, 0.1) is 13.8 Å². The zero-order valence-electron chi connectivity index (χ0n) is 14.1. The van der Waals surface area contributed by atoms with Crippen LogP contribution in [-0.4, -0.2) is 46.4 Å². The molecule has 0 bridgehead atoms. The van der Waals surface area contributed by atoms with Gasteiger partial charge < -0.3 is 14.0 Å². The van der Waals surface area contributed by atoms with E-state index in [1.54, 1.807) is 6.20 Å². The van der Waals surface area contributed by atoms with Gasteiger partial charge in [0.05, 0.1) is 12.3 Å². The summed E-state index contributed by atoms with van der Waals surface area (Å²) < 4.78 is 17.5. The van der Waals surface area contributed by atoms with Gasteiger partial charge in [0.1, 0.15) is 18.0 Å². The maximum atomic E-state index is 6.08. The minimum absolute atomic E-state index is 0.0670. The lowest BCUT2D eigenvalue weighted by Crippen LogP contribution is -2.51. The van der Waals surface area contributed by atoms with Crippen LogP contribution in [0.5, 0.6) is 5.88 Å². The van der Waals surface area contributed by atoms with Crippen LogP contribution in [0.3, 0.4) is 0 Å². The monoisotopic (exact) mass is 329 g/mol. The molecule has 0 radical (unpaired) electrons. The first kappa shape index (κ1) is 15.6. The summed E-state index contributed by atoms with van der Waals surface area (Å²) in [6.45, 7) is 6.51. The van der Waals surface area contributed by atoms with E-state index in [9.17, 15) is 0 Å². The first-order chi connectivity index (χ1) is 11.7. The van der Waals surface area contributed by atoms with Crippen LogP contribution < -0.4 is 4.74 Å². The summed E-state index contributed by atoms with van der Waals surface area (Å²) in [7, 11) is 0. The Morgan fingerprint density at radius 2 is 2.21 bits per heavy atom. The fourth-order valence-electron chi connectivity index (χ4n) is 3.82. The smallest absolute Gasteiger partial charge is 0.213 e. The predicted octanol–water partition coefficient (Wildman–Crippen LogP) is 2.50. The molecule has 3 atom stereocenters. The average Bonchev–Trinajstić information content (AvgIpc) is 3.15. The summed E-state index contributed by atoms with van der Waals surface area (Å²) in [6, 6.07) is 6.12. The Bertz CT molecular complexity index is 669. The van der Waals surface area contributed by atoms with Crippen LogP contribution >= 0.6 is 0 Å². The van der Waals surface area contributed by atoms with Crippen molar-refractivity contribution in [2.24, 2.45) is 0 Å². The van der Waals surface area contributed by atoms with Gasteiger partial charge in [0.2, 0.25) is 5.88 Å². The van der Waals surface area contributed by atoms with E-state index in [1.165, 1.54) is 5.56 Å². The number of hydrogen-bond acceptors (Lipinski definition) is 6. The van der Waals surface area contributed by atoms with Gasteiger partial charge >= 0.3 is 0 Å². The van der Waals surface area contributed by atoms with E-state index in [1.807, 2.05) is 32.0 Å². The Balaban J connectivity index is 1.46. The van der Waals surface area contributed by atoms with Crippen molar-refractivity contribution in [2.45, 2.75) is 51.5 Å². The minimum atomic E-state index is 0.0670. The number of aromatic nitrogens is 2. The number of rotatable bonds is 4. The number of fused-ring (bicyclic) bond motifs is 1. The van der Waals surface area contributed by atoms with E-state index < -0.39 is 0 Å². The van der Waals surface area contributed by atoms with E-state index in [-0.39, 0.29) is 12.2 Å². The van der Waals surface area contributed by atoms with Crippen molar-refractivity contribution in [3.8, 4) is 5.88 Å². The van der Waals surface area contributed by atoms with Gasteiger partial charge in [-0.3, -0.25) is 4.90 Å². The fourth-order valence-corrected chi connectivity index (χ4v) is 3.82. The Morgan fingerprint density at radius 3 is 2.96 bits per heavy atom. The molecule has 0 aromatic carbocycles. The zero-order valence-corrected chi connectivity index (χ0v) is 14.1. The van der Waals surface area contributed by atoms with Crippen molar-refractivity contribution >= 4 is 0 Å². The highest BCUT2D eigenvalue weighted by molar-refractivity contribution is 5.21. The van der Waals surface area contributed by atoms with Crippen LogP contribution in [0.25, 0.3) is 0 Å². The van der Waals surface area contributed by atoms with E-state index in [4.69, 9.17) is 14.0 Å². The maximum Gasteiger partial charge on any atom is 0.213 e. The van der Waals surface area contributed by atoms with Gasteiger partial charge in [-0.1, -0.05) is 11.2 Å². The molecule has 6 nitrogen and oxygen atoms in total. The second kappa shape index (κ2) is 6.53. The first-order valence-corrected chi connectivity index (χ1v) is 8.57. The summed E-state index contributed by atoms with van der Waals surface area (Å²) in [6.07, 6.45) is 3.99. The molecule has 2 aromatic rings. The third kappa shape index (κ3) is 2.91. The summed E-state index contributed by atoms with van der Waals surface area (Å²) >= 11 is 0. The first-order valence-electron chi connectivity index (χ1n) is 8.57. The molecule has 3 heterocycles. The van der Waals surface area contributed by atoms with E-state index in [0.717, 1.165) is 44.0 Å². The van der Waals surface area contributed by atoms with Gasteiger partial charge in [0.15, 0.2) is 0 Å². The molecule has 24 heavy (non-hydrogen) atoms. The topological polar surface area (TPSA) is 60.6 Å². The molecule has 4 rings (SSSR count). The van der Waals surface area contributed by atoms with Crippen LogP contribution in [0.2, 0.25) is 0 Å². The molecule has 1 aliphatic carbocycles. The predicted molar refractivity (Wildman–Crippen MR) is 87.8 cm³/mol. The molecular weight excluding hydrogens is 306 g/mol. The summed E-state index contributed by atoms with van der Waals surface area (Å²) in [5, 5.41) is 4.07. The van der Waals surface area contributed by atoms with E-state index in [0.29, 0.717) is 11.9 Å². The molecule has 2 aliphatic rings. The third-order valence-corrected chi connectivity index (χ3v) is 5.10. The molecule has 2 aromatic heterocycles. The molecule has 0 unspecified atom stereocenters. The molecule has 0 spiro atoms. The average molecular weight is 329 g/mol. The Labute approximate surface area is 141 Å². The Morgan fingerprint density at radius 1 is 1.29 bits per heavy atom. The van der Waals surface area contributed by atoms with Crippen molar-refractivity contribution in [1.29, 1.82) is 0 Å². The molecule has 6 heteroatoms. The van der Waals surface area contributed by atoms with E-state index >= 15 is 0 Å². The van der Waals surface area contributed by atoms with Gasteiger partial charge in [-0.05, 0) is 32.8 Å². The van der Waals surface area contributed by atoms with Gasteiger partial charge in [-0.15, -0.1) is 0 Å². The van der Waals surface area contributed by atoms with Gasteiger partial charge in [-0.2, -0.15) is 0 Å². The van der Waals surface area contributed by atoms with Crippen LogP contribution in [0.15, 0.2) is 28.9 Å². The number of morpholine rings is 1. The highest BCUT2D eigenvalue weighted by Crippen LogP contribution is 2.34. The number of ether oxygens (including phenoxy) is 2. The Kier molecular flexibility index (Phi) is 4.24. The van der Waals surface area contributed by atoms with Crippen molar-refractivity contribution in [3.05, 3.63) is 41.4 Å². The lowest BCUT2D eigenvalue weighted by atomic mass is 10.1. The molecule has 2 fully saturated rings. The largest absolute Gasteiger partial charge is 0.472 e. The van der Waals surface area contributed by atoms with E-state index in [2.05, 4.69) is 15.0 Å². The fraction of sp³-hybridized carbons (Fsp3) is 0.556. The number of aryl methyl sites for hydroxylation is 2. The minimum Gasteiger partial charge on any atom is -0.472 e. The highest BCUT2D eigenvalue weighted by atomic mass is 16.5. The van der Waals surface area contributed by atoms with Crippen LogP contribution in [-0.2, 0) is 11.3 Å². The summed E-state index contributed by atoms with van der Waals surface area (Å²) in [5.74, 6) is 1.59. The summed E-state index contributed by atoms with van der Waals surface area (Å²) in [5.41, 5.74) is 2.18. The van der Waals surface area contributed by atoms with Gasteiger partial charge in [0, 0.05) is 37.0 Å². The second-order valence-corrected chi connectivity index (χ2v) is 6.58. The van der Waals surface area contributed by atoms with Crippen molar-refractivity contribution in [2.75, 3.05) is 13.2 Å². The SMILES string of the molecule is Cc1noc(C)c1CN1CCO[C@@H]2[C@@H](Oc3ccccn3)CC[C@H]21. The number of pyridine rings is 1. The Hall–Kier alpha value is -1.92. The van der Waals surface area contributed by atoms with Crippen LogP contribution in [0.4, 0.5) is 0 Å². The zero-order chi connectivity index (χ0) is 16.5. The third-order valence-electron chi connectivity index (χ3n) is 5.10. The standard InChI is InChI=1S/C18H23N3O3/c1-12-14(13(2)24-20-12)11-21-9-10-22-18-15(21)6-7-16(18)23-17-5-3-4-8-19-17/h3-5,8,15-16,18H,6-7,9-11H2,1-2H3/t15-,16+,18+/m1/s1. The molecule has 0 amide bonds. The molecule has 1 saturated heterocycles.